The molecule has 1 N–H and O–H groups in total. The van der Waals surface area contributed by atoms with Crippen molar-refractivity contribution in [3.8, 4) is 0 Å². The number of aromatic nitrogens is 4. The molecule has 0 saturated heterocycles. The van der Waals surface area contributed by atoms with Gasteiger partial charge in [0.2, 0.25) is 0 Å². The van der Waals surface area contributed by atoms with Crippen LogP contribution in [0.4, 0.5) is 0 Å². The minimum Gasteiger partial charge on any atom is -0.377 e. The summed E-state index contributed by atoms with van der Waals surface area (Å²) in [5, 5.41) is 5.02. The van der Waals surface area contributed by atoms with E-state index in [4.69, 9.17) is 14.2 Å². The Bertz CT molecular complexity index is 1420. The van der Waals surface area contributed by atoms with E-state index < -0.39 is 0 Å². The van der Waals surface area contributed by atoms with Gasteiger partial charge in [0.1, 0.15) is 11.3 Å². The average molecular weight is 474 g/mol. The van der Waals surface area contributed by atoms with Crippen molar-refractivity contribution in [2.24, 2.45) is 0 Å². The zero-order chi connectivity index (χ0) is 23.6. The lowest BCUT2D eigenvalue weighted by atomic mass is 9.97. The van der Waals surface area contributed by atoms with Crippen LogP contribution in [0.2, 0.25) is 0 Å². The SMILES string of the molecule is O=C1NCC2=C1c1cn(c3ncccc13)CCOCCOCCOCCn1cc2c2cccnc21. The second-order valence-electron chi connectivity index (χ2n) is 8.59. The molecule has 9 nitrogen and oxygen atoms in total. The van der Waals surface area contributed by atoms with E-state index >= 15 is 0 Å². The molecule has 0 aromatic carbocycles. The van der Waals surface area contributed by atoms with E-state index in [2.05, 4.69) is 36.7 Å². The molecule has 0 unspecified atom stereocenters. The zero-order valence-corrected chi connectivity index (χ0v) is 19.4. The van der Waals surface area contributed by atoms with Gasteiger partial charge in [0, 0.05) is 66.3 Å². The van der Waals surface area contributed by atoms with Gasteiger partial charge in [0.15, 0.2) is 0 Å². The first kappa shape index (κ1) is 22.0. The Hall–Kier alpha value is -3.53. The highest BCUT2D eigenvalue weighted by molar-refractivity contribution is 6.33. The fourth-order valence-electron chi connectivity index (χ4n) is 4.89. The Morgan fingerprint density at radius 1 is 0.743 bits per heavy atom. The van der Waals surface area contributed by atoms with Gasteiger partial charge in [-0.2, -0.15) is 0 Å². The number of ether oxygens (including phenoxy) is 3. The van der Waals surface area contributed by atoms with Crippen molar-refractivity contribution in [3.63, 3.8) is 0 Å². The molecule has 2 aliphatic heterocycles. The number of rotatable bonds is 0. The molecule has 6 heterocycles. The van der Waals surface area contributed by atoms with Crippen LogP contribution in [-0.4, -0.2) is 71.2 Å². The maximum atomic E-state index is 13.2. The van der Waals surface area contributed by atoms with Crippen molar-refractivity contribution in [1.29, 1.82) is 0 Å². The molecule has 0 radical (unpaired) electrons. The maximum Gasteiger partial charge on any atom is 0.252 e. The minimum absolute atomic E-state index is 0.0738. The summed E-state index contributed by atoms with van der Waals surface area (Å²) >= 11 is 0. The van der Waals surface area contributed by atoms with Crippen LogP contribution in [0.5, 0.6) is 0 Å². The molecule has 4 aromatic rings. The third-order valence-electron chi connectivity index (χ3n) is 6.51. The van der Waals surface area contributed by atoms with E-state index in [-0.39, 0.29) is 5.91 Å². The van der Waals surface area contributed by atoms with Gasteiger partial charge in [-0.05, 0) is 29.8 Å². The first-order valence-corrected chi connectivity index (χ1v) is 11.9. The summed E-state index contributed by atoms with van der Waals surface area (Å²) in [7, 11) is 0. The number of nitrogens with one attached hydrogen (secondary N) is 1. The first-order valence-electron chi connectivity index (χ1n) is 11.9. The Balaban J connectivity index is 1.51. The summed E-state index contributed by atoms with van der Waals surface area (Å²) < 4.78 is 21.3. The third-order valence-corrected chi connectivity index (χ3v) is 6.51. The summed E-state index contributed by atoms with van der Waals surface area (Å²) in [5.74, 6) is -0.0738. The number of amides is 1. The standard InChI is InChI=1S/C26H27N5O4/c32-26-23-20(15-29-26)21-16-30(24-18(21)3-1-5-27-24)7-9-33-11-13-35-14-12-34-10-8-31-17-22(23)19-4-2-6-28-25(19)31/h1-6,16-17H,7-15H2,(H,29,32). The van der Waals surface area contributed by atoms with Crippen molar-refractivity contribution in [1.82, 2.24) is 24.4 Å². The van der Waals surface area contributed by atoms with Crippen LogP contribution >= 0.6 is 0 Å². The Morgan fingerprint density at radius 2 is 1.29 bits per heavy atom. The molecule has 0 aliphatic carbocycles. The maximum absolute atomic E-state index is 13.2. The van der Waals surface area contributed by atoms with Crippen LogP contribution in [0.15, 0.2) is 49.1 Å². The molecule has 0 fully saturated rings. The van der Waals surface area contributed by atoms with Crippen LogP contribution in [0.25, 0.3) is 33.2 Å². The summed E-state index contributed by atoms with van der Waals surface area (Å²) in [4.78, 5) is 22.4. The van der Waals surface area contributed by atoms with Gasteiger partial charge in [0.05, 0.1) is 45.2 Å². The van der Waals surface area contributed by atoms with Crippen molar-refractivity contribution in [2.45, 2.75) is 13.1 Å². The summed E-state index contributed by atoms with van der Waals surface area (Å²) in [6.45, 7) is 4.90. The molecule has 0 spiro atoms. The third kappa shape index (κ3) is 4.12. The van der Waals surface area contributed by atoms with Gasteiger partial charge in [-0.15, -0.1) is 0 Å². The number of carbonyl (C=O) groups is 1. The topological polar surface area (TPSA) is 92.4 Å². The highest BCUT2D eigenvalue weighted by atomic mass is 16.5. The Morgan fingerprint density at radius 3 is 1.91 bits per heavy atom. The van der Waals surface area contributed by atoms with Gasteiger partial charge in [-0.1, -0.05) is 0 Å². The fourth-order valence-corrected chi connectivity index (χ4v) is 4.89. The van der Waals surface area contributed by atoms with Gasteiger partial charge in [0.25, 0.3) is 5.91 Å². The number of hydrogen-bond donors (Lipinski definition) is 1. The van der Waals surface area contributed by atoms with Crippen molar-refractivity contribution < 1.29 is 19.0 Å². The Labute approximate surface area is 202 Å². The van der Waals surface area contributed by atoms with E-state index in [1.54, 1.807) is 12.4 Å². The van der Waals surface area contributed by atoms with Gasteiger partial charge < -0.3 is 28.7 Å². The minimum atomic E-state index is -0.0738. The molecule has 0 saturated carbocycles. The molecule has 180 valence electrons. The molecule has 4 bridgehead atoms. The summed E-state index contributed by atoms with van der Waals surface area (Å²) in [6, 6.07) is 7.92. The molecule has 0 atom stereocenters. The van der Waals surface area contributed by atoms with E-state index in [1.165, 1.54) is 0 Å². The summed E-state index contributed by atoms with van der Waals surface area (Å²) in [5.41, 5.74) is 5.27. The van der Waals surface area contributed by atoms with Gasteiger partial charge in [-0.25, -0.2) is 9.97 Å². The lowest BCUT2D eigenvalue weighted by Gasteiger charge is -2.08. The zero-order valence-electron chi connectivity index (χ0n) is 19.4. The lowest BCUT2D eigenvalue weighted by molar-refractivity contribution is -0.114. The normalized spacial score (nSPS) is 18.2. The van der Waals surface area contributed by atoms with Crippen LogP contribution in [0.1, 0.15) is 11.1 Å². The molecular weight excluding hydrogens is 446 g/mol. The first-order chi connectivity index (χ1) is 17.3. The lowest BCUT2D eigenvalue weighted by Crippen LogP contribution is -2.17. The molecule has 1 amide bonds. The Kier molecular flexibility index (Phi) is 6.03. The van der Waals surface area contributed by atoms with Crippen LogP contribution in [0.3, 0.4) is 0 Å². The van der Waals surface area contributed by atoms with E-state index in [0.717, 1.165) is 38.8 Å². The number of hydrogen-bond acceptors (Lipinski definition) is 6. The molecule has 2 aliphatic rings. The second kappa shape index (κ2) is 9.61. The summed E-state index contributed by atoms with van der Waals surface area (Å²) in [6.07, 6.45) is 7.69. The van der Waals surface area contributed by atoms with Gasteiger partial charge in [-0.3, -0.25) is 4.79 Å². The molecule has 6 rings (SSSR count). The van der Waals surface area contributed by atoms with E-state index in [9.17, 15) is 4.79 Å². The van der Waals surface area contributed by atoms with Crippen molar-refractivity contribution in [3.05, 3.63) is 60.2 Å². The molecular formula is C26H27N5O4. The highest BCUT2D eigenvalue weighted by Gasteiger charge is 2.30. The fraction of sp³-hybridized carbons (Fsp3) is 0.346. The number of nitrogens with zero attached hydrogens (tertiary/aromatic N) is 4. The van der Waals surface area contributed by atoms with E-state index in [1.807, 2.05) is 24.4 Å². The quantitative estimate of drug-likeness (QED) is 0.422. The predicted molar refractivity (Wildman–Crippen MR) is 132 cm³/mol. The number of carbonyl (C=O) groups excluding carboxylic acids is 1. The number of fused-ring (bicyclic) bond motifs is 12. The monoisotopic (exact) mass is 473 g/mol. The van der Waals surface area contributed by atoms with Crippen molar-refractivity contribution in [2.75, 3.05) is 46.2 Å². The van der Waals surface area contributed by atoms with Crippen LogP contribution in [0, 0.1) is 0 Å². The van der Waals surface area contributed by atoms with Crippen molar-refractivity contribution >= 4 is 39.1 Å². The smallest absolute Gasteiger partial charge is 0.252 e. The van der Waals surface area contributed by atoms with Crippen LogP contribution < -0.4 is 5.32 Å². The molecule has 35 heavy (non-hydrogen) atoms. The number of pyridine rings is 2. The molecule has 4 aromatic heterocycles. The predicted octanol–water partition coefficient (Wildman–Crippen LogP) is 2.49. The second-order valence-corrected chi connectivity index (χ2v) is 8.59. The highest BCUT2D eigenvalue weighted by Crippen LogP contribution is 2.37. The largest absolute Gasteiger partial charge is 0.377 e. The van der Waals surface area contributed by atoms with E-state index in [0.29, 0.717) is 64.8 Å². The van der Waals surface area contributed by atoms with Gasteiger partial charge >= 0.3 is 0 Å². The average Bonchev–Trinajstić information content (AvgIpc) is 3.55. The van der Waals surface area contributed by atoms with Crippen LogP contribution in [-0.2, 0) is 32.1 Å². The molecule has 9 heteroatoms.